The van der Waals surface area contributed by atoms with E-state index >= 15 is 0 Å². The average molecular weight is 179 g/mol. The summed E-state index contributed by atoms with van der Waals surface area (Å²) in [4.78, 5) is 0. The Morgan fingerprint density at radius 1 is 1.08 bits per heavy atom. The Morgan fingerprint density at radius 2 is 1.85 bits per heavy atom. The highest BCUT2D eigenvalue weighted by molar-refractivity contribution is 5.14. The summed E-state index contributed by atoms with van der Waals surface area (Å²) < 4.78 is 0. The van der Waals surface area contributed by atoms with E-state index in [-0.39, 0.29) is 0 Å². The van der Waals surface area contributed by atoms with Crippen molar-refractivity contribution in [1.82, 2.24) is 5.32 Å². The van der Waals surface area contributed by atoms with Gasteiger partial charge in [-0.1, -0.05) is 20.8 Å². The first-order valence-corrected chi connectivity index (χ1v) is 5.82. The number of fused-ring (bicyclic) bond motifs is 3. The van der Waals surface area contributed by atoms with E-state index in [4.69, 9.17) is 0 Å². The minimum absolute atomic E-state index is 0.524. The molecule has 0 aromatic carbocycles. The van der Waals surface area contributed by atoms with Crippen molar-refractivity contribution in [3.63, 3.8) is 0 Å². The summed E-state index contributed by atoms with van der Waals surface area (Å²) in [6, 6.07) is 0.878. The van der Waals surface area contributed by atoms with Crippen LogP contribution in [0.2, 0.25) is 0 Å². The van der Waals surface area contributed by atoms with E-state index in [9.17, 15) is 0 Å². The molecule has 2 aliphatic carbocycles. The van der Waals surface area contributed by atoms with Crippen LogP contribution < -0.4 is 5.32 Å². The van der Waals surface area contributed by atoms with Gasteiger partial charge in [-0.15, -0.1) is 0 Å². The molecular weight excluding hydrogens is 158 g/mol. The van der Waals surface area contributed by atoms with Crippen LogP contribution in [0.15, 0.2) is 0 Å². The summed E-state index contributed by atoms with van der Waals surface area (Å²) in [7, 11) is 0. The Labute approximate surface area is 81.3 Å². The van der Waals surface area contributed by atoms with E-state index in [0.717, 1.165) is 29.7 Å². The van der Waals surface area contributed by atoms with Crippen LogP contribution >= 0.6 is 0 Å². The summed E-state index contributed by atoms with van der Waals surface area (Å²) >= 11 is 0. The Kier molecular flexibility index (Phi) is 1.47. The minimum atomic E-state index is 0.524. The van der Waals surface area contributed by atoms with Crippen molar-refractivity contribution in [1.29, 1.82) is 0 Å². The standard InChI is InChI=1S/C12H21N/c1-12(2,3)10-9-6-8(9)7-4-5-13-11(7)10/h7-11,13H,4-6H2,1-3H3. The van der Waals surface area contributed by atoms with Gasteiger partial charge in [-0.2, -0.15) is 0 Å². The molecule has 13 heavy (non-hydrogen) atoms. The van der Waals surface area contributed by atoms with Crippen LogP contribution in [-0.2, 0) is 0 Å². The van der Waals surface area contributed by atoms with Crippen LogP contribution in [0.5, 0.6) is 0 Å². The first-order chi connectivity index (χ1) is 6.09. The van der Waals surface area contributed by atoms with Gasteiger partial charge in [-0.25, -0.2) is 0 Å². The van der Waals surface area contributed by atoms with Gasteiger partial charge in [0.05, 0.1) is 0 Å². The smallest absolute Gasteiger partial charge is 0.0135 e. The fourth-order valence-electron chi connectivity index (χ4n) is 4.21. The fraction of sp³-hybridized carbons (Fsp3) is 1.00. The van der Waals surface area contributed by atoms with E-state index in [1.807, 2.05) is 0 Å². The van der Waals surface area contributed by atoms with E-state index in [1.54, 1.807) is 6.42 Å². The molecule has 1 heterocycles. The lowest BCUT2D eigenvalue weighted by Crippen LogP contribution is -2.39. The van der Waals surface area contributed by atoms with Crippen LogP contribution in [0.25, 0.3) is 0 Å². The normalized spacial score (nSPS) is 53.3. The van der Waals surface area contributed by atoms with Crippen molar-refractivity contribution in [2.45, 2.75) is 39.7 Å². The van der Waals surface area contributed by atoms with Crippen LogP contribution in [0.4, 0.5) is 0 Å². The number of nitrogens with one attached hydrogen (secondary N) is 1. The topological polar surface area (TPSA) is 12.0 Å². The van der Waals surface area contributed by atoms with Gasteiger partial charge in [0.25, 0.3) is 0 Å². The maximum Gasteiger partial charge on any atom is 0.0135 e. The molecule has 3 rings (SSSR count). The molecule has 1 nitrogen and oxygen atoms in total. The monoisotopic (exact) mass is 179 g/mol. The molecule has 2 saturated carbocycles. The molecule has 0 aromatic rings. The zero-order valence-electron chi connectivity index (χ0n) is 9.01. The molecule has 5 atom stereocenters. The van der Waals surface area contributed by atoms with E-state index in [2.05, 4.69) is 26.1 Å². The van der Waals surface area contributed by atoms with Crippen molar-refractivity contribution < 1.29 is 0 Å². The molecule has 0 spiro atoms. The number of rotatable bonds is 0. The predicted molar refractivity (Wildman–Crippen MR) is 54.4 cm³/mol. The molecule has 1 aliphatic heterocycles. The lowest BCUT2D eigenvalue weighted by atomic mass is 9.74. The van der Waals surface area contributed by atoms with E-state index in [1.165, 1.54) is 13.0 Å². The molecule has 1 heteroatoms. The van der Waals surface area contributed by atoms with Crippen molar-refractivity contribution in [3.05, 3.63) is 0 Å². The summed E-state index contributed by atoms with van der Waals surface area (Å²) in [6.07, 6.45) is 3.00. The van der Waals surface area contributed by atoms with Crippen molar-refractivity contribution in [2.75, 3.05) is 6.54 Å². The summed E-state index contributed by atoms with van der Waals surface area (Å²) in [5, 5.41) is 3.74. The van der Waals surface area contributed by atoms with Gasteiger partial charge in [0, 0.05) is 6.04 Å². The highest BCUT2D eigenvalue weighted by Crippen LogP contribution is 2.64. The first kappa shape index (κ1) is 8.28. The Balaban J connectivity index is 1.88. The SMILES string of the molecule is CC(C)(C)C1C2CC2C2CCNC21. The molecule has 0 amide bonds. The van der Waals surface area contributed by atoms with Gasteiger partial charge in [0.2, 0.25) is 0 Å². The minimum Gasteiger partial charge on any atom is -0.313 e. The average Bonchev–Trinajstić information content (AvgIpc) is 2.53. The van der Waals surface area contributed by atoms with Crippen LogP contribution in [0.3, 0.4) is 0 Å². The third-order valence-corrected chi connectivity index (χ3v) is 4.61. The molecule has 0 radical (unpaired) electrons. The molecule has 5 unspecified atom stereocenters. The molecular formula is C12H21N. The van der Waals surface area contributed by atoms with Crippen LogP contribution in [-0.4, -0.2) is 12.6 Å². The van der Waals surface area contributed by atoms with Gasteiger partial charge >= 0.3 is 0 Å². The second-order valence-corrected chi connectivity index (χ2v) is 6.39. The molecule has 1 N–H and O–H groups in total. The van der Waals surface area contributed by atoms with Gasteiger partial charge in [-0.05, 0) is 48.5 Å². The van der Waals surface area contributed by atoms with Gasteiger partial charge in [0.15, 0.2) is 0 Å². The maximum atomic E-state index is 3.74. The van der Waals surface area contributed by atoms with Crippen molar-refractivity contribution >= 4 is 0 Å². The van der Waals surface area contributed by atoms with Crippen LogP contribution in [0, 0.1) is 29.1 Å². The molecule has 0 aromatic heterocycles. The van der Waals surface area contributed by atoms with Crippen molar-refractivity contribution in [2.24, 2.45) is 29.1 Å². The number of hydrogen-bond acceptors (Lipinski definition) is 1. The highest BCUT2D eigenvalue weighted by atomic mass is 15.0. The summed E-state index contributed by atoms with van der Waals surface area (Å²) in [6.45, 7) is 8.56. The second-order valence-electron chi connectivity index (χ2n) is 6.39. The molecule has 1 saturated heterocycles. The first-order valence-electron chi connectivity index (χ1n) is 5.82. The summed E-state index contributed by atoms with van der Waals surface area (Å²) in [5.74, 6) is 4.21. The van der Waals surface area contributed by atoms with Crippen molar-refractivity contribution in [3.8, 4) is 0 Å². The van der Waals surface area contributed by atoms with Gasteiger partial charge in [-0.3, -0.25) is 0 Å². The Bertz CT molecular complexity index is 228. The third-order valence-electron chi connectivity index (χ3n) is 4.61. The number of hydrogen-bond donors (Lipinski definition) is 1. The predicted octanol–water partition coefficient (Wildman–Crippen LogP) is 2.28. The maximum absolute atomic E-state index is 3.74. The quantitative estimate of drug-likeness (QED) is 0.601. The zero-order chi connectivity index (χ0) is 9.22. The van der Waals surface area contributed by atoms with Gasteiger partial charge < -0.3 is 5.32 Å². The molecule has 0 bridgehead atoms. The second kappa shape index (κ2) is 2.31. The molecule has 74 valence electrons. The molecule has 3 fully saturated rings. The lowest BCUT2D eigenvalue weighted by Gasteiger charge is -2.34. The largest absolute Gasteiger partial charge is 0.313 e. The van der Waals surface area contributed by atoms with Crippen LogP contribution in [0.1, 0.15) is 33.6 Å². The Hall–Kier alpha value is -0.0400. The van der Waals surface area contributed by atoms with E-state index < -0.39 is 0 Å². The fourth-order valence-corrected chi connectivity index (χ4v) is 4.21. The van der Waals surface area contributed by atoms with E-state index in [0.29, 0.717) is 5.41 Å². The highest BCUT2D eigenvalue weighted by Gasteiger charge is 2.62. The molecule has 3 aliphatic rings. The summed E-state index contributed by atoms with van der Waals surface area (Å²) in [5.41, 5.74) is 0.524. The zero-order valence-corrected chi connectivity index (χ0v) is 9.01. The van der Waals surface area contributed by atoms with Gasteiger partial charge in [0.1, 0.15) is 0 Å². The Morgan fingerprint density at radius 3 is 2.54 bits per heavy atom. The third kappa shape index (κ3) is 1.03. The lowest BCUT2D eigenvalue weighted by molar-refractivity contribution is 0.175.